The van der Waals surface area contributed by atoms with Crippen LogP contribution < -0.4 is 5.32 Å². The Labute approximate surface area is 219 Å². The van der Waals surface area contributed by atoms with E-state index in [0.29, 0.717) is 34.0 Å². The molecule has 0 saturated heterocycles. The van der Waals surface area contributed by atoms with Gasteiger partial charge in [-0.2, -0.15) is 16.4 Å². The van der Waals surface area contributed by atoms with E-state index < -0.39 is 0 Å². The smallest absolute Gasteiger partial charge is 0.255 e. The quantitative estimate of drug-likeness (QED) is 0.261. The number of nitrogens with zero attached hydrogens (tertiary/aromatic N) is 5. The molecular weight excluding hydrogens is 496 g/mol. The average Bonchev–Trinajstić information content (AvgIpc) is 3.73. The van der Waals surface area contributed by atoms with Crippen molar-refractivity contribution < 1.29 is 4.79 Å². The molecule has 0 unspecified atom stereocenters. The van der Waals surface area contributed by atoms with Gasteiger partial charge in [0.05, 0.1) is 34.3 Å². The molecule has 6 aromatic heterocycles. The van der Waals surface area contributed by atoms with Crippen molar-refractivity contribution in [1.29, 1.82) is 0 Å². The largest absolute Gasteiger partial charge is 0.336 e. The molecule has 0 radical (unpaired) electrons. The number of carbonyl (C=O) groups is 1. The summed E-state index contributed by atoms with van der Waals surface area (Å²) in [7, 11) is 0. The maximum Gasteiger partial charge on any atom is 0.255 e. The minimum absolute atomic E-state index is 0.203. The fourth-order valence-electron chi connectivity index (χ4n) is 4.32. The summed E-state index contributed by atoms with van der Waals surface area (Å²) < 4.78 is 0. The summed E-state index contributed by atoms with van der Waals surface area (Å²) in [6.45, 7) is 0. The first-order valence-electron chi connectivity index (χ1n) is 11.8. The lowest BCUT2D eigenvalue weighted by molar-refractivity contribution is 0.102. The van der Waals surface area contributed by atoms with E-state index in [-0.39, 0.29) is 5.91 Å². The molecule has 0 bridgehead atoms. The van der Waals surface area contributed by atoms with Crippen LogP contribution in [0.3, 0.4) is 0 Å². The summed E-state index contributed by atoms with van der Waals surface area (Å²) in [4.78, 5) is 34.6. The number of nitrogens with one attached hydrogen (secondary N) is 3. The summed E-state index contributed by atoms with van der Waals surface area (Å²) in [6.07, 6.45) is 5.10. The summed E-state index contributed by atoms with van der Waals surface area (Å²) in [5, 5.41) is 14.5. The van der Waals surface area contributed by atoms with Crippen molar-refractivity contribution in [1.82, 2.24) is 35.1 Å². The van der Waals surface area contributed by atoms with Crippen molar-refractivity contribution >= 4 is 45.0 Å². The lowest BCUT2D eigenvalue weighted by Crippen LogP contribution is -2.11. The lowest BCUT2D eigenvalue weighted by atomic mass is 10.1. The number of rotatable bonds is 5. The predicted octanol–water partition coefficient (Wildman–Crippen LogP) is 5.94. The van der Waals surface area contributed by atoms with Crippen LogP contribution in [0.25, 0.3) is 56.1 Å². The highest BCUT2D eigenvalue weighted by Crippen LogP contribution is 2.31. The number of H-pyrrole nitrogens is 2. The Morgan fingerprint density at radius 2 is 1.76 bits per heavy atom. The second kappa shape index (κ2) is 9.02. The third-order valence-corrected chi connectivity index (χ3v) is 6.84. The Morgan fingerprint density at radius 3 is 2.63 bits per heavy atom. The fraction of sp³-hybridized carbons (Fsp3) is 0. The van der Waals surface area contributed by atoms with Gasteiger partial charge in [-0.25, -0.2) is 9.97 Å². The van der Waals surface area contributed by atoms with E-state index in [1.165, 1.54) is 0 Å². The number of imidazole rings is 1. The normalized spacial score (nSPS) is 11.3. The van der Waals surface area contributed by atoms with Gasteiger partial charge in [0.1, 0.15) is 11.0 Å². The van der Waals surface area contributed by atoms with Gasteiger partial charge < -0.3 is 10.3 Å². The zero-order valence-electron chi connectivity index (χ0n) is 19.7. The van der Waals surface area contributed by atoms with E-state index in [9.17, 15) is 4.79 Å². The molecule has 6 heterocycles. The fourth-order valence-corrected chi connectivity index (χ4v) is 4.96. The summed E-state index contributed by atoms with van der Waals surface area (Å²) in [6, 6.07) is 18.6. The van der Waals surface area contributed by atoms with Crippen molar-refractivity contribution in [2.45, 2.75) is 0 Å². The first-order chi connectivity index (χ1) is 18.7. The average molecular weight is 515 g/mol. The molecule has 0 aliphatic carbocycles. The van der Waals surface area contributed by atoms with Crippen LogP contribution in [0, 0.1) is 0 Å². The van der Waals surface area contributed by atoms with E-state index >= 15 is 0 Å². The first kappa shape index (κ1) is 22.0. The lowest BCUT2D eigenvalue weighted by Gasteiger charge is -2.07. The molecule has 0 aliphatic rings. The van der Waals surface area contributed by atoms with E-state index in [4.69, 9.17) is 9.97 Å². The summed E-state index contributed by atoms with van der Waals surface area (Å²) in [5.74, 6) is 0.397. The molecule has 3 N–H and O–H groups in total. The molecule has 182 valence electrons. The minimum atomic E-state index is -0.203. The Kier molecular flexibility index (Phi) is 5.22. The number of thiophene rings is 1. The molecule has 0 atom stereocenters. The Morgan fingerprint density at radius 1 is 0.868 bits per heavy atom. The van der Waals surface area contributed by atoms with Crippen LogP contribution >= 0.6 is 11.3 Å². The van der Waals surface area contributed by atoms with Gasteiger partial charge in [0, 0.05) is 34.5 Å². The molecule has 10 heteroatoms. The zero-order valence-corrected chi connectivity index (χ0v) is 20.5. The molecule has 0 aliphatic heterocycles. The van der Waals surface area contributed by atoms with Crippen molar-refractivity contribution in [3.63, 3.8) is 0 Å². The number of hydrogen-bond donors (Lipinski definition) is 3. The second-order valence-electron chi connectivity index (χ2n) is 8.60. The monoisotopic (exact) mass is 514 g/mol. The first-order valence-corrected chi connectivity index (χ1v) is 12.7. The van der Waals surface area contributed by atoms with E-state index in [1.807, 2.05) is 53.9 Å². The van der Waals surface area contributed by atoms with Crippen LogP contribution in [0.5, 0.6) is 0 Å². The zero-order chi connectivity index (χ0) is 25.5. The van der Waals surface area contributed by atoms with Crippen LogP contribution in [-0.2, 0) is 0 Å². The van der Waals surface area contributed by atoms with Crippen molar-refractivity contribution in [3.05, 3.63) is 95.6 Å². The van der Waals surface area contributed by atoms with Crippen molar-refractivity contribution in [3.8, 4) is 34.0 Å². The van der Waals surface area contributed by atoms with E-state index in [1.54, 1.807) is 42.1 Å². The Hall–Kier alpha value is -5.22. The number of carbonyl (C=O) groups excluding carboxylic acids is 1. The molecule has 38 heavy (non-hydrogen) atoms. The second-order valence-corrected chi connectivity index (χ2v) is 9.38. The molecule has 0 saturated carbocycles. The molecule has 7 rings (SSSR count). The number of fused-ring (bicyclic) bond motifs is 2. The van der Waals surface area contributed by atoms with Gasteiger partial charge in [0.25, 0.3) is 5.91 Å². The van der Waals surface area contributed by atoms with Gasteiger partial charge >= 0.3 is 0 Å². The highest BCUT2D eigenvalue weighted by molar-refractivity contribution is 7.08. The SMILES string of the molecule is O=C(Nc1cncc(-c2ccc3[nH]nc(-c4nc5c(-c6ccsc6)nccc5[nH]4)c3n2)c1)c1ccccc1. The maximum atomic E-state index is 12.6. The molecule has 0 fully saturated rings. The van der Waals surface area contributed by atoms with Gasteiger partial charge in [-0.1, -0.05) is 18.2 Å². The third-order valence-electron chi connectivity index (χ3n) is 6.16. The highest BCUT2D eigenvalue weighted by atomic mass is 32.1. The number of aromatic amines is 2. The number of benzene rings is 1. The summed E-state index contributed by atoms with van der Waals surface area (Å²) in [5.41, 5.74) is 8.16. The van der Waals surface area contributed by atoms with Crippen molar-refractivity contribution in [2.75, 3.05) is 5.32 Å². The minimum Gasteiger partial charge on any atom is -0.336 e. The van der Waals surface area contributed by atoms with Gasteiger partial charge in [-0.3, -0.25) is 19.9 Å². The molecule has 9 nitrogen and oxygen atoms in total. The van der Waals surface area contributed by atoms with Crippen LogP contribution in [0.1, 0.15) is 10.4 Å². The number of aromatic nitrogens is 7. The van der Waals surface area contributed by atoms with Gasteiger partial charge in [-0.05, 0) is 47.8 Å². The molecular formula is C28H18N8OS. The number of pyridine rings is 3. The Bertz CT molecular complexity index is 1930. The van der Waals surface area contributed by atoms with Gasteiger partial charge in [0.2, 0.25) is 0 Å². The van der Waals surface area contributed by atoms with E-state index in [2.05, 4.69) is 35.8 Å². The van der Waals surface area contributed by atoms with Crippen LogP contribution in [0.2, 0.25) is 0 Å². The predicted molar refractivity (Wildman–Crippen MR) is 148 cm³/mol. The van der Waals surface area contributed by atoms with Gasteiger partial charge in [0.15, 0.2) is 11.5 Å². The number of amides is 1. The number of hydrogen-bond acceptors (Lipinski definition) is 7. The summed E-state index contributed by atoms with van der Waals surface area (Å²) >= 11 is 1.62. The van der Waals surface area contributed by atoms with Crippen molar-refractivity contribution in [2.24, 2.45) is 0 Å². The Balaban J connectivity index is 1.25. The highest BCUT2D eigenvalue weighted by Gasteiger charge is 2.18. The topological polar surface area (TPSA) is 125 Å². The third kappa shape index (κ3) is 3.89. The van der Waals surface area contributed by atoms with Crippen LogP contribution in [0.15, 0.2) is 90.0 Å². The molecule has 1 amide bonds. The molecule has 1 aromatic carbocycles. The standard InChI is InChI=1S/C28H18N8OS/c37-28(16-4-2-1-3-5-16)31-19-12-18(13-29-14-19)20-6-7-22-25(32-20)26(36-35-22)27-33-21-8-10-30-23(24(21)34-27)17-9-11-38-15-17/h1-15H,(H,31,37)(H,33,34)(H,35,36). The maximum absolute atomic E-state index is 12.6. The van der Waals surface area contributed by atoms with Crippen LogP contribution in [0.4, 0.5) is 5.69 Å². The van der Waals surface area contributed by atoms with Gasteiger partial charge in [-0.15, -0.1) is 0 Å². The van der Waals surface area contributed by atoms with E-state index in [0.717, 1.165) is 33.4 Å². The molecule has 0 spiro atoms. The molecule has 7 aromatic rings. The number of anilines is 1. The van der Waals surface area contributed by atoms with Crippen LogP contribution in [-0.4, -0.2) is 41.0 Å².